The largest absolute Gasteiger partial charge is 0.744 e. The topological polar surface area (TPSA) is 406 Å². The molecule has 0 spiro atoms. The number of non-ortho nitro benzene ring substituents is 1. The molecule has 64 heavy (non-hydrogen) atoms. The third-order valence-electron chi connectivity index (χ3n) is 9.06. The van der Waals surface area contributed by atoms with Crippen molar-refractivity contribution in [3.63, 3.8) is 0 Å². The van der Waals surface area contributed by atoms with E-state index in [4.69, 9.17) is 11.5 Å². The maximum absolute atomic E-state index is 12.4. The lowest BCUT2D eigenvalue weighted by atomic mass is 10.0. The Hall–Kier alpha value is -7.85. The highest BCUT2D eigenvalue weighted by Gasteiger charge is 2.25. The Bertz CT molecular complexity index is 3510. The summed E-state index contributed by atoms with van der Waals surface area (Å²) in [6, 6.07) is 23.3. The van der Waals surface area contributed by atoms with E-state index in [0.29, 0.717) is 23.3 Å². The molecule has 7 aromatic carbocycles. The van der Waals surface area contributed by atoms with Gasteiger partial charge in [-0.05, 0) is 70.4 Å². The van der Waals surface area contributed by atoms with Gasteiger partial charge in [-0.3, -0.25) is 19.2 Å². The standard InChI is InChI=1S/C38H25N9O13S3.H3N.2H2/c39-23-9-4-21-14-30(62(55,56)57)35(37(48)28(21)17-23)45-41-24-10-5-19(6-11-24)20-7-12-25(13-8-20)42-46-36-31(63(58,59)60)16-22-15-29(61(52,53)54)34(33(40)32(22)38(36)49)44-43-26-2-1-3-27(18-26)47(50)51;;;/h1-18H,(H7-2,39,40,41,42,43,44,45,46,48,49,52,53,54,55,56,57,58,59,60);1H3;2*1H/q-2;;;/p-1. The molecule has 0 saturated carbocycles. The normalized spacial score (nSPS) is 12.4. The van der Waals surface area contributed by atoms with Gasteiger partial charge in [-0.15, -0.1) is 21.6 Å². The van der Waals surface area contributed by atoms with Gasteiger partial charge >= 0.3 is 0 Å². The molecule has 0 radical (unpaired) electrons. The maximum Gasteiger partial charge on any atom is 0.296 e. The molecule has 0 aliphatic carbocycles. The van der Waals surface area contributed by atoms with Crippen molar-refractivity contribution in [1.82, 2.24) is 6.15 Å². The van der Waals surface area contributed by atoms with E-state index in [1.54, 1.807) is 24.3 Å². The smallest absolute Gasteiger partial charge is 0.296 e. The van der Waals surface area contributed by atoms with E-state index < -0.39 is 101 Å². The van der Waals surface area contributed by atoms with E-state index in [1.807, 2.05) is 0 Å². The Balaban J connectivity index is 0.00000317. The Morgan fingerprint density at radius 1 is 0.562 bits per heavy atom. The summed E-state index contributed by atoms with van der Waals surface area (Å²) in [7, 11) is -15.6. The van der Waals surface area contributed by atoms with Crippen LogP contribution in [0.1, 0.15) is 2.85 Å². The number of nitrogens with one attached hydrogen (secondary N) is 2. The minimum atomic E-state index is -5.47. The molecule has 26 heteroatoms. The minimum absolute atomic E-state index is 0. The van der Waals surface area contributed by atoms with Gasteiger partial charge in [0.1, 0.15) is 31.3 Å². The molecule has 0 aromatic heterocycles. The zero-order valence-electron chi connectivity index (χ0n) is 31.9. The van der Waals surface area contributed by atoms with Crippen LogP contribution in [0, 0.1) is 10.1 Å². The van der Waals surface area contributed by atoms with Gasteiger partial charge in [-0.1, -0.05) is 48.5 Å². The van der Waals surface area contributed by atoms with Gasteiger partial charge in [0.2, 0.25) is 0 Å². The molecule has 0 aliphatic heterocycles. The van der Waals surface area contributed by atoms with Gasteiger partial charge in [0.15, 0.2) is 11.5 Å². The highest BCUT2D eigenvalue weighted by atomic mass is 32.2. The number of nitro groups is 1. The van der Waals surface area contributed by atoms with Crippen LogP contribution >= 0.6 is 0 Å². The molecule has 9 N–H and O–H groups in total. The monoisotopic (exact) mass is 931 g/mol. The van der Waals surface area contributed by atoms with Crippen molar-refractivity contribution in [2.75, 3.05) is 0 Å². The molecule has 0 amide bonds. The first-order valence-corrected chi connectivity index (χ1v) is 21.6. The van der Waals surface area contributed by atoms with E-state index >= 15 is 0 Å². The Labute approximate surface area is 363 Å². The van der Waals surface area contributed by atoms with Gasteiger partial charge < -0.3 is 32.4 Å². The summed E-state index contributed by atoms with van der Waals surface area (Å²) in [6.45, 7) is 0. The van der Waals surface area contributed by atoms with Gasteiger partial charge in [0, 0.05) is 25.8 Å². The number of hydrogen-bond donors (Lipinski definition) is 5. The Morgan fingerprint density at radius 2 is 1.05 bits per heavy atom. The first-order chi connectivity index (χ1) is 29.6. The average molecular weight is 932 g/mol. The summed E-state index contributed by atoms with van der Waals surface area (Å²) in [5.74, 6) is -1.72. The molecule has 0 saturated heterocycles. The van der Waals surface area contributed by atoms with Crippen LogP contribution in [-0.2, 0) is 30.4 Å². The van der Waals surface area contributed by atoms with Gasteiger partial charge in [-0.2, -0.15) is 37.3 Å². The number of fused-ring (bicyclic) bond motifs is 2. The fourth-order valence-corrected chi connectivity index (χ4v) is 8.10. The fourth-order valence-electron chi connectivity index (χ4n) is 6.13. The van der Waals surface area contributed by atoms with Gasteiger partial charge in [-0.25, -0.2) is 8.42 Å². The lowest BCUT2D eigenvalue weighted by Gasteiger charge is -2.19. The molecule has 0 fully saturated rings. The van der Waals surface area contributed by atoms with Crippen molar-refractivity contribution in [2.24, 2.45) is 30.7 Å². The summed E-state index contributed by atoms with van der Waals surface area (Å²) in [4.78, 5) is 7.51. The second-order valence-electron chi connectivity index (χ2n) is 13.2. The lowest BCUT2D eigenvalue weighted by molar-refractivity contribution is -0.384. The predicted molar refractivity (Wildman–Crippen MR) is 234 cm³/mol. The quantitative estimate of drug-likeness (QED) is 0.0348. The molecule has 0 bridgehead atoms. The number of hydrogen-bond acceptors (Lipinski definition) is 18. The number of rotatable bonds is 11. The van der Waals surface area contributed by atoms with Crippen molar-refractivity contribution in [3.05, 3.63) is 131 Å². The highest BCUT2D eigenvalue weighted by Crippen LogP contribution is 2.50. The summed E-state index contributed by atoms with van der Waals surface area (Å²) in [5, 5.41) is 55.5. The van der Waals surface area contributed by atoms with Crippen molar-refractivity contribution < 1.29 is 56.9 Å². The minimum Gasteiger partial charge on any atom is -0.744 e. The van der Waals surface area contributed by atoms with Crippen molar-refractivity contribution >= 4 is 103 Å². The van der Waals surface area contributed by atoms with Gasteiger partial charge in [0.25, 0.3) is 25.9 Å². The molecule has 332 valence electrons. The van der Waals surface area contributed by atoms with Crippen LogP contribution in [0.3, 0.4) is 0 Å². The van der Waals surface area contributed by atoms with Crippen molar-refractivity contribution in [1.29, 1.82) is 0 Å². The zero-order chi connectivity index (χ0) is 45.6. The molecule has 0 unspecified atom stereocenters. The summed E-state index contributed by atoms with van der Waals surface area (Å²) in [6.07, 6.45) is 0. The van der Waals surface area contributed by atoms with E-state index in [2.05, 4.69) is 30.7 Å². The molecule has 0 heterocycles. The summed E-state index contributed by atoms with van der Waals surface area (Å²) in [5.41, 5.74) is 14.2. The second-order valence-corrected chi connectivity index (χ2v) is 17.3. The Morgan fingerprint density at radius 3 is 1.58 bits per heavy atom. The molecule has 23 nitrogen and oxygen atoms in total. The number of aromatic hydroxyl groups is 2. The van der Waals surface area contributed by atoms with Crippen LogP contribution in [0.25, 0.3) is 44.1 Å². The molecular formula is C38H31N10O13S3-3. The van der Waals surface area contributed by atoms with Gasteiger partial charge in [0.05, 0.1) is 32.6 Å². The Kier molecular flexibility index (Phi) is 12.2. The highest BCUT2D eigenvalue weighted by molar-refractivity contribution is 7.86. The number of phenolic OH excluding ortho intramolecular Hbond substituents is 2. The average Bonchev–Trinajstić information content (AvgIpc) is 3.22. The summed E-state index contributed by atoms with van der Waals surface area (Å²) >= 11 is 0. The first kappa shape index (κ1) is 45.7. The fraction of sp³-hybridized carbons (Fsp3) is 0. The maximum atomic E-state index is 12.4. The number of phenols is 2. The molecular weight excluding hydrogens is 901 g/mol. The first-order valence-electron chi connectivity index (χ1n) is 17.3. The van der Waals surface area contributed by atoms with Crippen LogP contribution < -0.4 is 6.15 Å². The molecule has 7 rings (SSSR count). The van der Waals surface area contributed by atoms with Crippen LogP contribution in [-0.4, -0.2) is 54.0 Å². The molecule has 0 aliphatic rings. The number of benzene rings is 7. The van der Waals surface area contributed by atoms with E-state index in [-0.39, 0.29) is 42.5 Å². The van der Waals surface area contributed by atoms with E-state index in [0.717, 1.165) is 18.2 Å². The van der Waals surface area contributed by atoms with Crippen molar-refractivity contribution in [2.45, 2.75) is 14.7 Å². The third-order valence-corrected chi connectivity index (χ3v) is 11.6. The lowest BCUT2D eigenvalue weighted by Crippen LogP contribution is -2.02. The van der Waals surface area contributed by atoms with Crippen LogP contribution in [0.4, 0.5) is 51.2 Å². The zero-order valence-corrected chi connectivity index (χ0v) is 34.4. The predicted octanol–water partition coefficient (Wildman–Crippen LogP) is 11.6. The molecule has 7 aromatic rings. The van der Waals surface area contributed by atoms with E-state index in [1.165, 1.54) is 54.6 Å². The molecule has 0 atom stereocenters. The number of nitrogens with zero attached hydrogens (tertiary/aromatic N) is 7. The van der Waals surface area contributed by atoms with Crippen LogP contribution in [0.5, 0.6) is 11.5 Å². The van der Waals surface area contributed by atoms with Crippen LogP contribution in [0.2, 0.25) is 0 Å². The van der Waals surface area contributed by atoms with Crippen molar-refractivity contribution in [3.8, 4) is 22.6 Å². The summed E-state index contributed by atoms with van der Waals surface area (Å²) < 4.78 is 106. The second kappa shape index (κ2) is 17.1. The van der Waals surface area contributed by atoms with Crippen LogP contribution in [0.15, 0.2) is 155 Å². The number of azo groups is 3. The SMILES string of the molecule is N.[HH].[HH].[NH-]c1ccc2cc(S(=O)(=O)O)c(N=Nc3ccc(-c4ccc(N=Nc5c(S(=O)(=O)[O-])cc6cc(S(=O)(=O)O)c(N=Nc7cccc([N+](=O)[O-])c7)c([NH-])c6c5O)cc4)cc3)c(O)c2c1. The number of nitro benzene ring substituents is 1. The van der Waals surface area contributed by atoms with E-state index in [9.17, 15) is 59.2 Å². The third kappa shape index (κ3) is 9.31.